The van der Waals surface area contributed by atoms with Gasteiger partial charge < -0.3 is 4.43 Å². The quantitative estimate of drug-likeness (QED) is 0.507. The molecule has 2 aromatic carbocycles. The lowest BCUT2D eigenvalue weighted by Gasteiger charge is -2.43. The Kier molecular flexibility index (Phi) is 6.91. The Balaban J connectivity index is 2.48. The van der Waals surface area contributed by atoms with Gasteiger partial charge in [-0.25, -0.2) is 0 Å². The average molecular weight is 395 g/mol. The molecular weight excluding hydrogens is 360 g/mol. The molecular formula is C24H34OSi2. The second kappa shape index (κ2) is 8.60. The molecule has 0 aliphatic heterocycles. The van der Waals surface area contributed by atoms with Crippen molar-refractivity contribution in [3.63, 3.8) is 0 Å². The van der Waals surface area contributed by atoms with E-state index in [4.69, 9.17) is 4.43 Å². The second-order valence-corrected chi connectivity index (χ2v) is 18.5. The first kappa shape index (κ1) is 21.7. The van der Waals surface area contributed by atoms with Crippen LogP contribution in [0, 0.1) is 17.4 Å². The summed E-state index contributed by atoms with van der Waals surface area (Å²) >= 11 is 0. The van der Waals surface area contributed by atoms with E-state index in [0.717, 1.165) is 0 Å². The molecule has 144 valence electrons. The van der Waals surface area contributed by atoms with Gasteiger partial charge in [-0.05, 0) is 22.3 Å². The Morgan fingerprint density at radius 2 is 1.30 bits per heavy atom. The summed E-state index contributed by atoms with van der Waals surface area (Å²) in [6.45, 7) is 16.7. The Morgan fingerprint density at radius 1 is 0.852 bits per heavy atom. The van der Waals surface area contributed by atoms with Crippen LogP contribution in [-0.2, 0) is 4.43 Å². The van der Waals surface area contributed by atoms with Gasteiger partial charge in [0.15, 0.2) is 0 Å². The maximum atomic E-state index is 6.95. The zero-order valence-electron chi connectivity index (χ0n) is 18.0. The average Bonchev–Trinajstić information content (AvgIpc) is 2.60. The standard InChI is InChI=1S/C24H34OSi2/c1-21(18-19-26(5,6)7)20-25-27(24(2,3)4,22-14-10-8-11-15-22)23-16-12-9-13-17-23/h8-17,21H,20H2,1-7H3/t21-/m1/s1. The van der Waals surface area contributed by atoms with Crippen LogP contribution in [0.4, 0.5) is 0 Å². The van der Waals surface area contributed by atoms with Crippen LogP contribution in [0.15, 0.2) is 60.7 Å². The molecule has 0 aliphatic rings. The molecule has 1 atom stereocenters. The third-order valence-corrected chi connectivity index (χ3v) is 10.6. The van der Waals surface area contributed by atoms with Crippen LogP contribution in [0.2, 0.25) is 24.7 Å². The molecule has 0 saturated carbocycles. The predicted octanol–water partition coefficient (Wildman–Crippen LogP) is 5.08. The van der Waals surface area contributed by atoms with Crippen molar-refractivity contribution in [2.24, 2.45) is 5.92 Å². The fourth-order valence-corrected chi connectivity index (χ4v) is 8.73. The van der Waals surface area contributed by atoms with Gasteiger partial charge in [0, 0.05) is 12.5 Å². The van der Waals surface area contributed by atoms with Gasteiger partial charge >= 0.3 is 0 Å². The second-order valence-electron chi connectivity index (χ2n) is 9.39. The Labute approximate surface area is 168 Å². The molecule has 3 heteroatoms. The van der Waals surface area contributed by atoms with Crippen LogP contribution < -0.4 is 10.4 Å². The molecule has 1 nitrogen and oxygen atoms in total. The zero-order chi connectivity index (χ0) is 20.1. The van der Waals surface area contributed by atoms with E-state index >= 15 is 0 Å². The van der Waals surface area contributed by atoms with Crippen molar-refractivity contribution in [2.75, 3.05) is 6.61 Å². The first-order chi connectivity index (χ1) is 12.6. The highest BCUT2D eigenvalue weighted by Crippen LogP contribution is 2.36. The third-order valence-electron chi connectivity index (χ3n) is 4.66. The van der Waals surface area contributed by atoms with Crippen LogP contribution in [0.3, 0.4) is 0 Å². The van der Waals surface area contributed by atoms with E-state index in [1.165, 1.54) is 10.4 Å². The fraction of sp³-hybridized carbons (Fsp3) is 0.417. The lowest BCUT2D eigenvalue weighted by molar-refractivity contribution is 0.272. The topological polar surface area (TPSA) is 9.23 Å². The summed E-state index contributed by atoms with van der Waals surface area (Å²) in [6.07, 6.45) is 0. The molecule has 27 heavy (non-hydrogen) atoms. The van der Waals surface area contributed by atoms with Crippen LogP contribution >= 0.6 is 0 Å². The van der Waals surface area contributed by atoms with E-state index in [2.05, 4.69) is 119 Å². The first-order valence-corrected chi connectivity index (χ1v) is 15.2. The molecule has 2 rings (SSSR count). The van der Waals surface area contributed by atoms with Gasteiger partial charge in [-0.1, -0.05) is 101 Å². The molecule has 0 bridgehead atoms. The molecule has 0 saturated heterocycles. The van der Waals surface area contributed by atoms with Crippen molar-refractivity contribution in [3.8, 4) is 11.5 Å². The summed E-state index contributed by atoms with van der Waals surface area (Å²) in [4.78, 5) is 0. The van der Waals surface area contributed by atoms with Gasteiger partial charge in [0.25, 0.3) is 8.32 Å². The van der Waals surface area contributed by atoms with Gasteiger partial charge in [0.05, 0.1) is 0 Å². The highest BCUT2D eigenvalue weighted by molar-refractivity contribution is 6.99. The van der Waals surface area contributed by atoms with Crippen molar-refractivity contribution in [1.29, 1.82) is 0 Å². The maximum Gasteiger partial charge on any atom is 0.261 e. The highest BCUT2D eigenvalue weighted by Gasteiger charge is 2.50. The SMILES string of the molecule is C[C@H](C#C[Si](C)(C)C)CO[Si](c1ccccc1)(c1ccccc1)C(C)(C)C. The summed E-state index contributed by atoms with van der Waals surface area (Å²) in [5, 5.41) is 2.67. The van der Waals surface area contributed by atoms with Crippen molar-refractivity contribution in [2.45, 2.75) is 52.4 Å². The lowest BCUT2D eigenvalue weighted by atomic mass is 10.2. The minimum Gasteiger partial charge on any atom is -0.406 e. The fourth-order valence-electron chi connectivity index (χ4n) is 3.39. The van der Waals surface area contributed by atoms with E-state index in [1.54, 1.807) is 0 Å². The molecule has 0 fully saturated rings. The first-order valence-electron chi connectivity index (χ1n) is 9.84. The summed E-state index contributed by atoms with van der Waals surface area (Å²) in [5.74, 6) is 3.69. The summed E-state index contributed by atoms with van der Waals surface area (Å²) in [6, 6.07) is 21.6. The summed E-state index contributed by atoms with van der Waals surface area (Å²) < 4.78 is 6.95. The van der Waals surface area contributed by atoms with Gasteiger partial charge in [-0.15, -0.1) is 11.5 Å². The van der Waals surface area contributed by atoms with E-state index in [1.807, 2.05) is 0 Å². The summed E-state index contributed by atoms with van der Waals surface area (Å²) in [7, 11) is -3.81. The van der Waals surface area contributed by atoms with Crippen LogP contribution in [-0.4, -0.2) is 23.0 Å². The smallest absolute Gasteiger partial charge is 0.261 e. The van der Waals surface area contributed by atoms with Crippen molar-refractivity contribution < 1.29 is 4.43 Å². The highest BCUT2D eigenvalue weighted by atomic mass is 28.4. The number of benzene rings is 2. The van der Waals surface area contributed by atoms with Crippen LogP contribution in [0.25, 0.3) is 0 Å². The minimum absolute atomic E-state index is 0.0155. The minimum atomic E-state index is -2.44. The van der Waals surface area contributed by atoms with Crippen LogP contribution in [0.5, 0.6) is 0 Å². The molecule has 0 N–H and O–H groups in total. The van der Waals surface area contributed by atoms with Gasteiger partial charge in [0.2, 0.25) is 0 Å². The van der Waals surface area contributed by atoms with Gasteiger partial charge in [0.1, 0.15) is 8.07 Å². The largest absolute Gasteiger partial charge is 0.406 e. The van der Waals surface area contributed by atoms with Crippen molar-refractivity contribution in [1.82, 2.24) is 0 Å². The normalized spacial score (nSPS) is 13.6. The molecule has 2 aromatic rings. The molecule has 0 radical (unpaired) electrons. The van der Waals surface area contributed by atoms with E-state index in [-0.39, 0.29) is 11.0 Å². The monoisotopic (exact) mass is 394 g/mol. The predicted molar refractivity (Wildman–Crippen MR) is 124 cm³/mol. The van der Waals surface area contributed by atoms with E-state index < -0.39 is 16.4 Å². The Bertz CT molecular complexity index is 735. The van der Waals surface area contributed by atoms with Crippen molar-refractivity contribution >= 4 is 26.8 Å². The molecule has 0 aromatic heterocycles. The Morgan fingerprint density at radius 3 is 1.67 bits per heavy atom. The van der Waals surface area contributed by atoms with Crippen molar-refractivity contribution in [3.05, 3.63) is 60.7 Å². The zero-order valence-corrected chi connectivity index (χ0v) is 20.0. The molecule has 0 spiro atoms. The number of hydrogen-bond donors (Lipinski definition) is 0. The van der Waals surface area contributed by atoms with Gasteiger partial charge in [-0.3, -0.25) is 0 Å². The molecule has 0 amide bonds. The molecule has 0 aliphatic carbocycles. The summed E-state index contributed by atoms with van der Waals surface area (Å²) in [5.41, 5.74) is 3.50. The third kappa shape index (κ3) is 5.45. The van der Waals surface area contributed by atoms with Gasteiger partial charge in [-0.2, -0.15) is 0 Å². The maximum absolute atomic E-state index is 6.95. The molecule has 0 heterocycles. The number of rotatable bonds is 5. The Hall–Kier alpha value is -1.61. The van der Waals surface area contributed by atoms with E-state index in [9.17, 15) is 0 Å². The van der Waals surface area contributed by atoms with E-state index in [0.29, 0.717) is 6.61 Å². The lowest BCUT2D eigenvalue weighted by Crippen LogP contribution is -2.66. The number of hydrogen-bond acceptors (Lipinski definition) is 1. The molecule has 0 unspecified atom stereocenters. The van der Waals surface area contributed by atoms with Crippen LogP contribution in [0.1, 0.15) is 27.7 Å².